The normalized spacial score (nSPS) is 17.4. The summed E-state index contributed by atoms with van der Waals surface area (Å²) in [6, 6.07) is 10.2. The van der Waals surface area contributed by atoms with E-state index in [1.165, 1.54) is 0 Å². The third-order valence-corrected chi connectivity index (χ3v) is 8.74. The van der Waals surface area contributed by atoms with Crippen LogP contribution in [0, 0.1) is 20.8 Å². The van der Waals surface area contributed by atoms with Gasteiger partial charge in [0.1, 0.15) is 23.8 Å². The predicted octanol–water partition coefficient (Wildman–Crippen LogP) is 7.64. The topological polar surface area (TPSA) is 85.2 Å². The standard InChI is InChI=1S/C34H26F6N4O3/c1-15-6-16(2)27(17(3)7-15)24-13-44-26(43-24)14-47-25-8-18-4-5-21(12-23(18)30(25)44)41-28-29(32(46)31(28)45)42-22-10-19(33(35,36)37)9-20(11-22)34(38,39)40/h4-7,9-13,25,30,41-42H,8,14H2,1-3H3/t25-,30+/m0/s1. The molecule has 0 fully saturated rings. The Kier molecular flexibility index (Phi) is 6.90. The Balaban J connectivity index is 1.20. The summed E-state index contributed by atoms with van der Waals surface area (Å²) in [4.78, 5) is 29.9. The number of aromatic nitrogens is 2. The fourth-order valence-electron chi connectivity index (χ4n) is 6.75. The molecule has 4 aromatic carbocycles. The van der Waals surface area contributed by atoms with Gasteiger partial charge in [-0.1, -0.05) is 23.8 Å². The van der Waals surface area contributed by atoms with E-state index in [2.05, 4.69) is 27.3 Å². The zero-order valence-corrected chi connectivity index (χ0v) is 25.2. The minimum atomic E-state index is -5.08. The third-order valence-electron chi connectivity index (χ3n) is 8.74. The van der Waals surface area contributed by atoms with E-state index in [0.29, 0.717) is 30.8 Å². The van der Waals surface area contributed by atoms with Gasteiger partial charge in [-0.3, -0.25) is 9.59 Å². The maximum atomic E-state index is 13.4. The molecule has 2 atom stereocenters. The van der Waals surface area contributed by atoms with E-state index in [9.17, 15) is 35.9 Å². The Hall–Kier alpha value is -4.91. The lowest BCUT2D eigenvalue weighted by molar-refractivity contribution is -0.143. The first-order valence-electron chi connectivity index (χ1n) is 14.7. The van der Waals surface area contributed by atoms with Gasteiger partial charge in [0, 0.05) is 29.6 Å². The lowest BCUT2D eigenvalue weighted by atomic mass is 9.98. The zero-order valence-electron chi connectivity index (χ0n) is 25.2. The minimum absolute atomic E-state index is 0.0169. The number of anilines is 4. The van der Waals surface area contributed by atoms with Gasteiger partial charge in [0.2, 0.25) is 0 Å². The molecular formula is C34H26F6N4O3. The molecule has 47 heavy (non-hydrogen) atoms. The molecule has 7 rings (SSSR count). The molecule has 13 heteroatoms. The van der Waals surface area contributed by atoms with E-state index in [0.717, 1.165) is 44.9 Å². The SMILES string of the molecule is Cc1cc(C)c(-c2cn3c(n2)CO[C@H]2Cc4ccc(Nc5c(Nc6cc(C(F)(F)F)cc(C(F)(F)F)c6)c(=O)c5=O)cc4[C@H]23)c(C)c1. The van der Waals surface area contributed by atoms with Crippen LogP contribution in [0.1, 0.15) is 50.8 Å². The molecular weight excluding hydrogens is 626 g/mol. The van der Waals surface area contributed by atoms with Crippen LogP contribution in [-0.4, -0.2) is 15.7 Å². The summed E-state index contributed by atoms with van der Waals surface area (Å²) >= 11 is 0. The van der Waals surface area contributed by atoms with Crippen molar-refractivity contribution in [1.29, 1.82) is 0 Å². The van der Waals surface area contributed by atoms with Crippen molar-refractivity contribution in [2.45, 2.75) is 58.3 Å². The van der Waals surface area contributed by atoms with Crippen LogP contribution in [0.15, 0.2) is 64.3 Å². The summed E-state index contributed by atoms with van der Waals surface area (Å²) in [7, 11) is 0. The van der Waals surface area contributed by atoms with E-state index in [-0.39, 0.29) is 23.9 Å². The van der Waals surface area contributed by atoms with Gasteiger partial charge in [-0.05, 0) is 73.4 Å². The molecule has 1 aliphatic carbocycles. The highest BCUT2D eigenvalue weighted by Gasteiger charge is 2.40. The van der Waals surface area contributed by atoms with Crippen molar-refractivity contribution in [1.82, 2.24) is 9.55 Å². The Morgan fingerprint density at radius 1 is 0.809 bits per heavy atom. The molecule has 1 aliphatic heterocycles. The Morgan fingerprint density at radius 3 is 2.00 bits per heavy atom. The predicted molar refractivity (Wildman–Crippen MR) is 163 cm³/mol. The number of imidazole rings is 1. The number of halogens is 6. The zero-order chi connectivity index (χ0) is 33.6. The molecule has 7 nitrogen and oxygen atoms in total. The molecule has 0 saturated carbocycles. The van der Waals surface area contributed by atoms with Crippen molar-refractivity contribution in [3.8, 4) is 11.3 Å². The van der Waals surface area contributed by atoms with Gasteiger partial charge in [0.15, 0.2) is 0 Å². The minimum Gasteiger partial charge on any atom is -0.367 e. The Labute approximate surface area is 263 Å². The Bertz CT molecular complexity index is 2100. The molecule has 0 radical (unpaired) electrons. The highest BCUT2D eigenvalue weighted by atomic mass is 19.4. The van der Waals surface area contributed by atoms with Crippen LogP contribution in [0.25, 0.3) is 11.3 Å². The van der Waals surface area contributed by atoms with Crippen LogP contribution in [0.4, 0.5) is 49.1 Å². The van der Waals surface area contributed by atoms with Crippen LogP contribution in [0.5, 0.6) is 0 Å². The van der Waals surface area contributed by atoms with Gasteiger partial charge >= 0.3 is 12.4 Å². The summed E-state index contributed by atoms with van der Waals surface area (Å²) in [6.07, 6.45) is -7.70. The van der Waals surface area contributed by atoms with Crippen LogP contribution >= 0.6 is 0 Å². The number of ether oxygens (including phenoxy) is 1. The summed E-state index contributed by atoms with van der Waals surface area (Å²) in [5, 5.41) is 5.17. The lowest BCUT2D eigenvalue weighted by Crippen LogP contribution is -2.36. The number of alkyl halides is 6. The highest BCUT2D eigenvalue weighted by Crippen LogP contribution is 2.43. The lowest BCUT2D eigenvalue weighted by Gasteiger charge is -2.29. The summed E-state index contributed by atoms with van der Waals surface area (Å²) in [5.41, 5.74) is 1.04. The molecule has 2 aliphatic rings. The molecule has 0 saturated heterocycles. The maximum Gasteiger partial charge on any atom is 0.416 e. The molecule has 1 aromatic heterocycles. The van der Waals surface area contributed by atoms with Gasteiger partial charge in [-0.2, -0.15) is 26.3 Å². The van der Waals surface area contributed by atoms with E-state index < -0.39 is 45.7 Å². The number of nitrogens with zero attached hydrogens (tertiary/aromatic N) is 2. The molecule has 242 valence electrons. The first kappa shape index (κ1) is 30.7. The Morgan fingerprint density at radius 2 is 1.40 bits per heavy atom. The van der Waals surface area contributed by atoms with Crippen molar-refractivity contribution < 1.29 is 31.1 Å². The van der Waals surface area contributed by atoms with Crippen molar-refractivity contribution in [2.24, 2.45) is 0 Å². The van der Waals surface area contributed by atoms with Gasteiger partial charge < -0.3 is 19.9 Å². The van der Waals surface area contributed by atoms with E-state index in [4.69, 9.17) is 9.72 Å². The monoisotopic (exact) mass is 652 g/mol. The van der Waals surface area contributed by atoms with Crippen LogP contribution in [-0.2, 0) is 30.1 Å². The molecule has 2 heterocycles. The van der Waals surface area contributed by atoms with Gasteiger partial charge in [-0.25, -0.2) is 4.98 Å². The first-order chi connectivity index (χ1) is 22.1. The maximum absolute atomic E-state index is 13.4. The van der Waals surface area contributed by atoms with E-state index >= 15 is 0 Å². The number of rotatable bonds is 5. The smallest absolute Gasteiger partial charge is 0.367 e. The fraction of sp³-hybridized carbons (Fsp3) is 0.265. The van der Waals surface area contributed by atoms with Gasteiger partial charge in [0.25, 0.3) is 10.9 Å². The number of aryl methyl sites for hydroxylation is 3. The van der Waals surface area contributed by atoms with Crippen LogP contribution in [0.2, 0.25) is 0 Å². The van der Waals surface area contributed by atoms with Crippen molar-refractivity contribution in [2.75, 3.05) is 10.6 Å². The average Bonchev–Trinajstić information content (AvgIpc) is 3.58. The first-order valence-corrected chi connectivity index (χ1v) is 14.7. The number of fused-ring (bicyclic) bond motifs is 5. The molecule has 2 N–H and O–H groups in total. The second kappa shape index (κ2) is 10.6. The fourth-order valence-corrected chi connectivity index (χ4v) is 6.75. The van der Waals surface area contributed by atoms with Gasteiger partial charge in [0.05, 0.1) is 29.0 Å². The number of hydrogen-bond acceptors (Lipinski definition) is 6. The summed E-state index contributed by atoms with van der Waals surface area (Å²) in [5.74, 6) is 0.750. The number of hydrogen-bond donors (Lipinski definition) is 2. The molecule has 5 aromatic rings. The van der Waals surface area contributed by atoms with Crippen molar-refractivity contribution in [3.63, 3.8) is 0 Å². The quantitative estimate of drug-likeness (QED) is 0.150. The van der Waals surface area contributed by atoms with E-state index in [1.807, 2.05) is 33.0 Å². The second-order valence-electron chi connectivity index (χ2n) is 12.1. The summed E-state index contributed by atoms with van der Waals surface area (Å²) in [6.45, 7) is 6.46. The highest BCUT2D eigenvalue weighted by molar-refractivity contribution is 5.82. The van der Waals surface area contributed by atoms with Crippen molar-refractivity contribution in [3.05, 3.63) is 120 Å². The largest absolute Gasteiger partial charge is 0.416 e. The summed E-state index contributed by atoms with van der Waals surface area (Å²) < 4.78 is 88.5. The molecule has 0 bridgehead atoms. The molecule has 0 spiro atoms. The molecule has 0 amide bonds. The molecule has 0 unspecified atom stereocenters. The van der Waals surface area contributed by atoms with Crippen LogP contribution < -0.4 is 21.5 Å². The van der Waals surface area contributed by atoms with Crippen LogP contribution in [0.3, 0.4) is 0 Å². The van der Waals surface area contributed by atoms with E-state index in [1.54, 1.807) is 12.1 Å². The van der Waals surface area contributed by atoms with Gasteiger partial charge in [-0.15, -0.1) is 0 Å². The second-order valence-corrected chi connectivity index (χ2v) is 12.1. The third kappa shape index (κ3) is 5.28. The number of nitrogens with one attached hydrogen (secondary N) is 2. The van der Waals surface area contributed by atoms with Crippen molar-refractivity contribution >= 4 is 22.7 Å². The average molecular weight is 653 g/mol. The number of benzene rings is 3.